The van der Waals surface area contributed by atoms with Crippen LogP contribution in [0.1, 0.15) is 38.3 Å². The van der Waals surface area contributed by atoms with Crippen LogP contribution in [0.2, 0.25) is 0 Å². The molecule has 0 amide bonds. The van der Waals surface area contributed by atoms with E-state index in [9.17, 15) is 0 Å². The number of nitrogens with zero attached hydrogens (tertiary/aromatic N) is 1. The summed E-state index contributed by atoms with van der Waals surface area (Å²) in [7, 11) is 0. The summed E-state index contributed by atoms with van der Waals surface area (Å²) in [4.78, 5) is 2.62. The summed E-state index contributed by atoms with van der Waals surface area (Å²) in [6, 6.07) is 9.52. The highest BCUT2D eigenvalue weighted by Gasteiger charge is 2.16. The van der Waals surface area contributed by atoms with E-state index in [1.54, 1.807) is 5.56 Å². The quantitative estimate of drug-likeness (QED) is 0.875. The summed E-state index contributed by atoms with van der Waals surface area (Å²) in [6.07, 6.45) is 2.53. The molecule has 1 N–H and O–H groups in total. The Bertz CT molecular complexity index is 387. The second-order valence-corrected chi connectivity index (χ2v) is 6.28. The van der Waals surface area contributed by atoms with Crippen LogP contribution in [0.15, 0.2) is 24.3 Å². The van der Waals surface area contributed by atoms with Crippen molar-refractivity contribution in [1.82, 2.24) is 10.2 Å². The number of hydrogen-bond donors (Lipinski definition) is 1. The molecule has 1 atom stereocenters. The van der Waals surface area contributed by atoms with Crippen molar-refractivity contribution in [3.05, 3.63) is 35.4 Å². The van der Waals surface area contributed by atoms with E-state index in [1.165, 1.54) is 31.5 Å². The second kappa shape index (κ2) is 7.06. The van der Waals surface area contributed by atoms with Crippen LogP contribution in [0, 0.1) is 5.92 Å². The number of fused-ring (bicyclic) bond motifs is 1. The van der Waals surface area contributed by atoms with Gasteiger partial charge in [0.2, 0.25) is 0 Å². The Morgan fingerprint density at radius 3 is 2.63 bits per heavy atom. The molecule has 0 radical (unpaired) electrons. The predicted molar refractivity (Wildman–Crippen MR) is 82.3 cm³/mol. The molecular formula is C17H28N2. The fourth-order valence-corrected chi connectivity index (χ4v) is 2.87. The van der Waals surface area contributed by atoms with Crippen LogP contribution in [0.25, 0.3) is 0 Å². The molecule has 0 aromatic heterocycles. The summed E-state index contributed by atoms with van der Waals surface area (Å²) in [5, 5.41) is 3.54. The van der Waals surface area contributed by atoms with Crippen molar-refractivity contribution >= 4 is 0 Å². The van der Waals surface area contributed by atoms with Crippen molar-refractivity contribution in [3.63, 3.8) is 0 Å². The lowest BCUT2D eigenvalue weighted by atomic mass is 10.0. The van der Waals surface area contributed by atoms with Crippen LogP contribution in [0.3, 0.4) is 0 Å². The molecule has 2 nitrogen and oxygen atoms in total. The maximum absolute atomic E-state index is 3.54. The minimum Gasteiger partial charge on any atom is -0.314 e. The SMILES string of the molecule is CC(CNC(C)C)CN1CCCc2ccccc2C1. The number of nitrogens with one attached hydrogen (secondary N) is 1. The first-order chi connectivity index (χ1) is 9.15. The molecule has 0 saturated heterocycles. The van der Waals surface area contributed by atoms with E-state index >= 15 is 0 Å². The first-order valence-corrected chi connectivity index (χ1v) is 7.67. The van der Waals surface area contributed by atoms with Gasteiger partial charge in [0.1, 0.15) is 0 Å². The highest BCUT2D eigenvalue weighted by atomic mass is 15.1. The fourth-order valence-electron chi connectivity index (χ4n) is 2.87. The summed E-state index contributed by atoms with van der Waals surface area (Å²) in [5.74, 6) is 0.715. The van der Waals surface area contributed by atoms with E-state index in [0.29, 0.717) is 12.0 Å². The van der Waals surface area contributed by atoms with Gasteiger partial charge >= 0.3 is 0 Å². The van der Waals surface area contributed by atoms with Gasteiger partial charge in [0.15, 0.2) is 0 Å². The van der Waals surface area contributed by atoms with Crippen LogP contribution < -0.4 is 5.32 Å². The Kier molecular flexibility index (Phi) is 5.41. The first-order valence-electron chi connectivity index (χ1n) is 7.67. The standard InChI is InChI=1S/C17H28N2/c1-14(2)18-11-15(3)12-19-10-6-9-16-7-4-5-8-17(16)13-19/h4-5,7-8,14-15,18H,6,9-13H2,1-3H3. The Hall–Kier alpha value is -0.860. The van der Waals surface area contributed by atoms with E-state index in [0.717, 1.165) is 13.1 Å². The van der Waals surface area contributed by atoms with E-state index in [1.807, 2.05) is 0 Å². The van der Waals surface area contributed by atoms with Crippen molar-refractivity contribution in [2.75, 3.05) is 19.6 Å². The van der Waals surface area contributed by atoms with Gasteiger partial charge in [0, 0.05) is 19.1 Å². The Balaban J connectivity index is 1.88. The third-order valence-electron chi connectivity index (χ3n) is 3.88. The minimum absolute atomic E-state index is 0.590. The van der Waals surface area contributed by atoms with Crippen LogP contribution in [-0.4, -0.2) is 30.6 Å². The zero-order chi connectivity index (χ0) is 13.7. The molecule has 0 bridgehead atoms. The zero-order valence-corrected chi connectivity index (χ0v) is 12.7. The highest BCUT2D eigenvalue weighted by Crippen LogP contribution is 2.19. The third kappa shape index (κ3) is 4.63. The molecule has 0 saturated carbocycles. The summed E-state index contributed by atoms with van der Waals surface area (Å²) in [6.45, 7) is 11.5. The molecule has 19 heavy (non-hydrogen) atoms. The molecule has 1 aromatic carbocycles. The van der Waals surface area contributed by atoms with Crippen LogP contribution >= 0.6 is 0 Å². The largest absolute Gasteiger partial charge is 0.314 e. The van der Waals surface area contributed by atoms with E-state index in [4.69, 9.17) is 0 Å². The molecule has 106 valence electrons. The number of hydrogen-bond acceptors (Lipinski definition) is 2. The van der Waals surface area contributed by atoms with Gasteiger partial charge in [-0.2, -0.15) is 0 Å². The van der Waals surface area contributed by atoms with Crippen molar-refractivity contribution in [3.8, 4) is 0 Å². The van der Waals surface area contributed by atoms with Gasteiger partial charge < -0.3 is 5.32 Å². The summed E-state index contributed by atoms with van der Waals surface area (Å²) < 4.78 is 0. The molecule has 2 heteroatoms. The lowest BCUT2D eigenvalue weighted by Crippen LogP contribution is -2.35. The monoisotopic (exact) mass is 260 g/mol. The molecular weight excluding hydrogens is 232 g/mol. The van der Waals surface area contributed by atoms with E-state index in [-0.39, 0.29) is 0 Å². The maximum atomic E-state index is 3.54. The lowest BCUT2D eigenvalue weighted by Gasteiger charge is -2.25. The smallest absolute Gasteiger partial charge is 0.0236 e. The van der Waals surface area contributed by atoms with Gasteiger partial charge in [0.05, 0.1) is 0 Å². The average Bonchev–Trinajstić information content (AvgIpc) is 2.58. The topological polar surface area (TPSA) is 15.3 Å². The van der Waals surface area contributed by atoms with Crippen molar-refractivity contribution < 1.29 is 0 Å². The minimum atomic E-state index is 0.590. The molecule has 1 aliphatic rings. The molecule has 0 aliphatic carbocycles. The van der Waals surface area contributed by atoms with Crippen molar-refractivity contribution in [2.45, 2.75) is 46.2 Å². The predicted octanol–water partition coefficient (Wildman–Crippen LogP) is 3.07. The van der Waals surface area contributed by atoms with Crippen LogP contribution in [0.4, 0.5) is 0 Å². The highest BCUT2D eigenvalue weighted by molar-refractivity contribution is 5.27. The van der Waals surface area contributed by atoms with Gasteiger partial charge in [-0.15, -0.1) is 0 Å². The van der Waals surface area contributed by atoms with Gasteiger partial charge in [0.25, 0.3) is 0 Å². The number of benzene rings is 1. The molecule has 2 rings (SSSR count). The third-order valence-corrected chi connectivity index (χ3v) is 3.88. The fraction of sp³-hybridized carbons (Fsp3) is 0.647. The van der Waals surface area contributed by atoms with Crippen molar-refractivity contribution in [2.24, 2.45) is 5.92 Å². The molecule has 1 heterocycles. The molecule has 0 fully saturated rings. The van der Waals surface area contributed by atoms with Gasteiger partial charge in [-0.25, -0.2) is 0 Å². The average molecular weight is 260 g/mol. The Labute approximate surface area is 118 Å². The van der Waals surface area contributed by atoms with Gasteiger partial charge in [-0.1, -0.05) is 45.0 Å². The van der Waals surface area contributed by atoms with Gasteiger partial charge in [-0.3, -0.25) is 4.90 Å². The van der Waals surface area contributed by atoms with E-state index < -0.39 is 0 Å². The number of rotatable bonds is 5. The Morgan fingerprint density at radius 1 is 1.16 bits per heavy atom. The summed E-state index contributed by atoms with van der Waals surface area (Å²) in [5.41, 5.74) is 3.09. The van der Waals surface area contributed by atoms with E-state index in [2.05, 4.69) is 55.3 Å². The normalized spacial score (nSPS) is 18.1. The first kappa shape index (κ1) is 14.5. The van der Waals surface area contributed by atoms with Crippen LogP contribution in [-0.2, 0) is 13.0 Å². The van der Waals surface area contributed by atoms with Crippen molar-refractivity contribution in [1.29, 1.82) is 0 Å². The number of aryl methyl sites for hydroxylation is 1. The Morgan fingerprint density at radius 2 is 1.89 bits per heavy atom. The maximum Gasteiger partial charge on any atom is 0.0236 e. The zero-order valence-electron chi connectivity index (χ0n) is 12.7. The molecule has 1 unspecified atom stereocenters. The van der Waals surface area contributed by atoms with Crippen LogP contribution in [0.5, 0.6) is 0 Å². The lowest BCUT2D eigenvalue weighted by molar-refractivity contribution is 0.228. The molecule has 1 aromatic rings. The second-order valence-electron chi connectivity index (χ2n) is 6.28. The summed E-state index contributed by atoms with van der Waals surface area (Å²) >= 11 is 0. The van der Waals surface area contributed by atoms with Gasteiger partial charge in [-0.05, 0) is 43.0 Å². The molecule has 1 aliphatic heterocycles. The molecule has 0 spiro atoms.